The number of nitrogens with zero attached hydrogens (tertiary/aromatic N) is 2. The molecular weight excluding hydrogens is 587 g/mol. The van der Waals surface area contributed by atoms with Gasteiger partial charge in [-0.1, -0.05) is 90.6 Å². The molecule has 1 unspecified atom stereocenters. The van der Waals surface area contributed by atoms with Crippen molar-refractivity contribution in [2.24, 2.45) is 4.99 Å². The van der Waals surface area contributed by atoms with Gasteiger partial charge >= 0.3 is 0 Å². The minimum atomic E-state index is -1.15. The lowest BCUT2D eigenvalue weighted by Crippen LogP contribution is -2.09. The van der Waals surface area contributed by atoms with Crippen LogP contribution in [-0.4, -0.2) is 10.9 Å². The van der Waals surface area contributed by atoms with Crippen molar-refractivity contribution in [1.29, 1.82) is 0 Å². The molecule has 212 valence electrons. The molecule has 1 N–H and O–H groups in total. The molecule has 1 atom stereocenters. The number of benzene rings is 6. The third kappa shape index (κ3) is 3.72. The van der Waals surface area contributed by atoms with Crippen LogP contribution in [0, 0.1) is 0 Å². The number of hydrogen-bond acceptors (Lipinski definition) is 4. The lowest BCUT2D eigenvalue weighted by molar-refractivity contribution is 0.894. The molecule has 9 aromatic rings. The third-order valence-corrected chi connectivity index (χ3v) is 10.1. The summed E-state index contributed by atoms with van der Waals surface area (Å²) in [5.74, 6) is 0. The predicted octanol–water partition coefficient (Wildman–Crippen LogP) is 11.6. The van der Waals surface area contributed by atoms with E-state index in [4.69, 9.17) is 24.7 Å². The quantitative estimate of drug-likeness (QED) is 0.207. The molecule has 1 aliphatic heterocycles. The van der Waals surface area contributed by atoms with Gasteiger partial charge in [0.15, 0.2) is 0 Å². The minimum Gasteiger partial charge on any atom is -0.345 e. The van der Waals surface area contributed by atoms with E-state index in [1.807, 2.05) is 0 Å². The molecule has 3 aromatic heterocycles. The molecule has 1 aliphatic rings. The smallest absolute Gasteiger partial charge is 0.113 e. The fourth-order valence-corrected chi connectivity index (χ4v) is 8.12. The van der Waals surface area contributed by atoms with Crippen LogP contribution >= 0.6 is 22.7 Å². The molecule has 0 saturated heterocycles. The zero-order valence-corrected chi connectivity index (χ0v) is 24.2. The average Bonchev–Trinajstić information content (AvgIpc) is 3.98. The second kappa shape index (κ2) is 9.63. The lowest BCUT2D eigenvalue weighted by atomic mass is 9.97. The van der Waals surface area contributed by atoms with Gasteiger partial charge in [0.2, 0.25) is 0 Å². The van der Waals surface area contributed by atoms with Crippen LogP contribution in [0.4, 0.5) is 5.69 Å². The summed E-state index contributed by atoms with van der Waals surface area (Å²) in [5.41, 5.74) is -0.0717. The van der Waals surface area contributed by atoms with Gasteiger partial charge in [-0.3, -0.25) is 4.99 Å². The van der Waals surface area contributed by atoms with Crippen LogP contribution in [0.25, 0.3) is 68.9 Å². The molecule has 10 rings (SSSR count). The first-order chi connectivity index (χ1) is 30.2. The number of anilines is 1. The Hall–Kier alpha value is -5.23. The van der Waals surface area contributed by atoms with E-state index in [0.29, 0.717) is 20.7 Å². The van der Waals surface area contributed by atoms with Crippen LogP contribution < -0.4 is 5.32 Å². The van der Waals surface area contributed by atoms with Crippen molar-refractivity contribution in [2.45, 2.75) is 6.04 Å². The molecule has 0 bridgehead atoms. The van der Waals surface area contributed by atoms with Crippen molar-refractivity contribution in [1.82, 2.24) is 4.57 Å². The van der Waals surface area contributed by atoms with Crippen LogP contribution in [-0.2, 0) is 0 Å². The van der Waals surface area contributed by atoms with Crippen LogP contribution in [0.2, 0.25) is 0 Å². The summed E-state index contributed by atoms with van der Waals surface area (Å²) < 4.78 is 168. The molecule has 0 spiro atoms. The highest BCUT2D eigenvalue weighted by Crippen LogP contribution is 2.47. The predicted molar refractivity (Wildman–Crippen MR) is 195 cm³/mol. The fraction of sp³-hybridized carbons (Fsp3) is 0.0250. The Labute approximate surface area is 294 Å². The second-order valence-electron chi connectivity index (χ2n) is 10.2. The topological polar surface area (TPSA) is 29.3 Å². The summed E-state index contributed by atoms with van der Waals surface area (Å²) in [5, 5.41) is 3.35. The minimum absolute atomic E-state index is 0.0427. The highest BCUT2D eigenvalue weighted by molar-refractivity contribution is 7.26. The van der Waals surface area contributed by atoms with Crippen molar-refractivity contribution in [3.05, 3.63) is 143 Å². The molecule has 3 nitrogen and oxygen atoms in total. The Morgan fingerprint density at radius 2 is 1.40 bits per heavy atom. The van der Waals surface area contributed by atoms with Crippen LogP contribution in [0.5, 0.6) is 0 Å². The summed E-state index contributed by atoms with van der Waals surface area (Å²) in [4.78, 5) is 5.06. The Balaban J connectivity index is 1.22. The summed E-state index contributed by atoms with van der Waals surface area (Å²) in [7, 11) is 0. The second-order valence-corrected chi connectivity index (χ2v) is 12.3. The number of nitrogens with one attached hydrogen (secondary N) is 1. The average molecular weight is 631 g/mol. The molecule has 0 fully saturated rings. The highest BCUT2D eigenvalue weighted by Gasteiger charge is 2.25. The SMILES string of the molecule is [2H]c1c([2H])c(-c2c([2H])c([2H])c([2H])c3c2sc2c([2H])c([2H])c([2H])c([2H])c23)c([2H])c(C2N=CNc3c2sc2ccc(-n4c5c([2H])c([2H])c([2H])c([2H])c5c5c([2H])c([2H])c([2H])c([2H])c54)cc32)c1[2H]. The van der Waals surface area contributed by atoms with E-state index in [0.717, 1.165) is 11.3 Å². The van der Waals surface area contributed by atoms with Crippen molar-refractivity contribution >= 4 is 86.8 Å². The standard InChI is InChI=1S/C40H25N3S2/c1-4-16-33-28(11-1)29-12-2-5-17-34(29)43(33)26-19-20-36-32(22-26)38-40(45-36)37(41-23-42-38)25-10-7-9-24(21-25)27-14-8-15-31-30-13-3-6-18-35(30)44-39(27)31/h1-23,37H,(H,41,42)/i1D,2D,3D,4D,5D,6D,7D,8D,9D,10D,11D,12D,13D,14D,15D,16D,17D,18D,21D. The van der Waals surface area contributed by atoms with Crippen molar-refractivity contribution in [3.63, 3.8) is 0 Å². The van der Waals surface area contributed by atoms with E-state index in [9.17, 15) is 1.37 Å². The molecule has 0 radical (unpaired) electrons. The highest BCUT2D eigenvalue weighted by atomic mass is 32.1. The molecule has 0 amide bonds. The maximum absolute atomic E-state index is 9.62. The van der Waals surface area contributed by atoms with E-state index >= 15 is 0 Å². The number of rotatable bonds is 3. The zero-order chi connectivity index (χ0) is 46.0. The molecular formula is C40H25N3S2. The maximum Gasteiger partial charge on any atom is 0.113 e. The molecule has 0 aliphatic carbocycles. The molecule has 45 heavy (non-hydrogen) atoms. The fourth-order valence-electron chi connectivity index (χ4n) is 5.84. The van der Waals surface area contributed by atoms with Crippen molar-refractivity contribution < 1.29 is 26.0 Å². The Bertz CT molecular complexity index is 3640. The summed E-state index contributed by atoms with van der Waals surface area (Å²) in [6.07, 6.45) is 1.33. The van der Waals surface area contributed by atoms with E-state index in [2.05, 4.69) is 10.3 Å². The van der Waals surface area contributed by atoms with E-state index in [1.54, 1.807) is 18.2 Å². The first kappa shape index (κ1) is 13.0. The van der Waals surface area contributed by atoms with Crippen molar-refractivity contribution in [2.75, 3.05) is 5.32 Å². The number of thiophene rings is 2. The van der Waals surface area contributed by atoms with E-state index < -0.39 is 121 Å². The Morgan fingerprint density at radius 1 is 0.667 bits per heavy atom. The van der Waals surface area contributed by atoms with Crippen LogP contribution in [0.3, 0.4) is 0 Å². The van der Waals surface area contributed by atoms with Gasteiger partial charge in [0.25, 0.3) is 0 Å². The molecule has 6 aromatic carbocycles. The van der Waals surface area contributed by atoms with Gasteiger partial charge in [-0.25, -0.2) is 0 Å². The number of para-hydroxylation sites is 2. The molecule has 0 saturated carbocycles. The third-order valence-electron chi connectivity index (χ3n) is 7.77. The number of aliphatic imine (C=N–C) groups is 1. The maximum atomic E-state index is 9.62. The van der Waals surface area contributed by atoms with E-state index in [-0.39, 0.29) is 64.4 Å². The van der Waals surface area contributed by atoms with Gasteiger partial charge in [0.1, 0.15) is 6.04 Å². The number of fused-ring (bicyclic) bond motifs is 9. The van der Waals surface area contributed by atoms with Crippen LogP contribution in [0.15, 0.2) is 138 Å². The van der Waals surface area contributed by atoms with Gasteiger partial charge in [-0.05, 0) is 59.1 Å². The largest absolute Gasteiger partial charge is 0.345 e. The van der Waals surface area contributed by atoms with Gasteiger partial charge in [0.05, 0.1) is 54.0 Å². The summed E-state index contributed by atoms with van der Waals surface area (Å²) in [6, 6.07) is -6.21. The first-order valence-corrected chi connectivity index (χ1v) is 15.2. The normalized spacial score (nSPS) is 20.4. The van der Waals surface area contributed by atoms with Crippen LogP contribution in [0.1, 0.15) is 42.5 Å². The van der Waals surface area contributed by atoms with E-state index in [1.165, 1.54) is 22.2 Å². The zero-order valence-electron chi connectivity index (χ0n) is 41.6. The van der Waals surface area contributed by atoms with Crippen molar-refractivity contribution in [3.8, 4) is 16.8 Å². The Morgan fingerprint density at radius 3 is 2.24 bits per heavy atom. The number of hydrogen-bond donors (Lipinski definition) is 1. The lowest BCUT2D eigenvalue weighted by Gasteiger charge is -2.19. The van der Waals surface area contributed by atoms with Gasteiger partial charge in [-0.2, -0.15) is 0 Å². The molecule has 4 heterocycles. The molecule has 5 heteroatoms. The van der Waals surface area contributed by atoms with Gasteiger partial charge in [-0.15, -0.1) is 22.7 Å². The van der Waals surface area contributed by atoms with Gasteiger partial charge in [0, 0.05) is 46.7 Å². The summed E-state index contributed by atoms with van der Waals surface area (Å²) >= 11 is 2.03. The summed E-state index contributed by atoms with van der Waals surface area (Å²) in [6.45, 7) is 0. The van der Waals surface area contributed by atoms with Gasteiger partial charge < -0.3 is 9.88 Å². The first-order valence-electron chi connectivity index (χ1n) is 23.1. The number of aromatic nitrogens is 1. The Kier molecular flexibility index (Phi) is 2.79. The monoisotopic (exact) mass is 630 g/mol.